The number of benzene rings is 1. The molecule has 3 aromatic heterocycles. The number of para-hydroxylation sites is 1. The molecule has 0 aliphatic carbocycles. The molecule has 1 N–H and O–H groups in total. The van der Waals surface area contributed by atoms with Gasteiger partial charge in [0.2, 0.25) is 21.8 Å². The maximum atomic E-state index is 13.2. The van der Waals surface area contributed by atoms with Gasteiger partial charge in [-0.15, -0.1) is 10.2 Å². The summed E-state index contributed by atoms with van der Waals surface area (Å²) in [6.07, 6.45) is 2.57. The fourth-order valence-corrected chi connectivity index (χ4v) is 4.32. The minimum Gasteiger partial charge on any atom is -0.494 e. The number of rotatable bonds is 9. The van der Waals surface area contributed by atoms with E-state index >= 15 is 0 Å². The SMILES string of the molecule is COc1cccc(OC)c1-n1c(NS(=O)(=O)[C@@H](C)Cc2ccc(F)cn2)nnc1-c1ccco1. The average Bonchev–Trinajstić information content (AvgIpc) is 3.49. The molecule has 12 heteroatoms. The fraction of sp³-hybridized carbons (Fsp3) is 0.227. The third-order valence-corrected chi connectivity index (χ3v) is 6.77. The van der Waals surface area contributed by atoms with Crippen molar-refractivity contribution in [2.45, 2.75) is 18.6 Å². The monoisotopic (exact) mass is 487 g/mol. The van der Waals surface area contributed by atoms with Crippen LogP contribution in [0.2, 0.25) is 0 Å². The molecule has 0 amide bonds. The van der Waals surface area contributed by atoms with Crippen LogP contribution >= 0.6 is 0 Å². The van der Waals surface area contributed by atoms with E-state index in [0.717, 1.165) is 6.20 Å². The van der Waals surface area contributed by atoms with Crippen LogP contribution in [-0.4, -0.2) is 47.6 Å². The Hall–Kier alpha value is -3.93. The van der Waals surface area contributed by atoms with Gasteiger partial charge < -0.3 is 13.9 Å². The number of nitrogens with one attached hydrogen (secondary N) is 1. The smallest absolute Gasteiger partial charge is 0.243 e. The zero-order valence-corrected chi connectivity index (χ0v) is 19.4. The van der Waals surface area contributed by atoms with Crippen LogP contribution < -0.4 is 14.2 Å². The highest BCUT2D eigenvalue weighted by atomic mass is 32.2. The highest BCUT2D eigenvalue weighted by Crippen LogP contribution is 2.37. The molecule has 1 atom stereocenters. The maximum absolute atomic E-state index is 13.2. The number of aromatic nitrogens is 4. The van der Waals surface area contributed by atoms with Gasteiger partial charge in [-0.3, -0.25) is 14.3 Å². The first kappa shape index (κ1) is 23.2. The third-order valence-electron chi connectivity index (χ3n) is 5.08. The molecule has 178 valence electrons. The van der Waals surface area contributed by atoms with E-state index in [0.29, 0.717) is 28.6 Å². The van der Waals surface area contributed by atoms with Gasteiger partial charge in [0.25, 0.3) is 0 Å². The molecular formula is C22H22FN5O5S. The number of hydrogen-bond acceptors (Lipinski definition) is 8. The largest absolute Gasteiger partial charge is 0.494 e. The van der Waals surface area contributed by atoms with Gasteiger partial charge >= 0.3 is 0 Å². The molecule has 1 aromatic carbocycles. The average molecular weight is 488 g/mol. The summed E-state index contributed by atoms with van der Waals surface area (Å²) in [5.41, 5.74) is 0.817. The summed E-state index contributed by atoms with van der Waals surface area (Å²) in [5, 5.41) is 7.31. The van der Waals surface area contributed by atoms with Crippen LogP contribution in [-0.2, 0) is 16.4 Å². The van der Waals surface area contributed by atoms with Gasteiger partial charge in [-0.25, -0.2) is 12.8 Å². The van der Waals surface area contributed by atoms with Crippen LogP contribution in [0.1, 0.15) is 12.6 Å². The predicted octanol–water partition coefficient (Wildman–Crippen LogP) is 3.45. The molecule has 0 fully saturated rings. The van der Waals surface area contributed by atoms with Crippen molar-refractivity contribution in [2.24, 2.45) is 0 Å². The Kier molecular flexibility index (Phi) is 6.50. The van der Waals surface area contributed by atoms with Crippen LogP contribution in [0.5, 0.6) is 11.5 Å². The molecule has 0 saturated carbocycles. The lowest BCUT2D eigenvalue weighted by Gasteiger charge is -2.18. The number of pyridine rings is 1. The second-order valence-corrected chi connectivity index (χ2v) is 9.40. The van der Waals surface area contributed by atoms with Crippen molar-refractivity contribution < 1.29 is 26.7 Å². The Labute approximate surface area is 195 Å². The summed E-state index contributed by atoms with van der Waals surface area (Å²) in [7, 11) is -1.00. The van der Waals surface area contributed by atoms with Crippen molar-refractivity contribution >= 4 is 16.0 Å². The van der Waals surface area contributed by atoms with E-state index < -0.39 is 21.1 Å². The van der Waals surface area contributed by atoms with Crippen molar-refractivity contribution in [2.75, 3.05) is 18.9 Å². The highest BCUT2D eigenvalue weighted by Gasteiger charge is 2.28. The first-order chi connectivity index (χ1) is 16.3. The molecular weight excluding hydrogens is 465 g/mol. The Morgan fingerprint density at radius 2 is 1.82 bits per heavy atom. The zero-order valence-electron chi connectivity index (χ0n) is 18.6. The van der Waals surface area contributed by atoms with Gasteiger partial charge in [-0.2, -0.15) is 0 Å². The van der Waals surface area contributed by atoms with E-state index in [-0.39, 0.29) is 18.2 Å². The minimum absolute atomic E-state index is 0.0623. The lowest BCUT2D eigenvalue weighted by molar-refractivity contribution is 0.391. The molecule has 10 nitrogen and oxygen atoms in total. The first-order valence-electron chi connectivity index (χ1n) is 10.2. The Balaban J connectivity index is 1.77. The Morgan fingerprint density at radius 1 is 1.09 bits per heavy atom. The predicted molar refractivity (Wildman–Crippen MR) is 122 cm³/mol. The number of sulfonamides is 1. The van der Waals surface area contributed by atoms with Crippen molar-refractivity contribution in [3.05, 3.63) is 66.4 Å². The van der Waals surface area contributed by atoms with Crippen LogP contribution in [0, 0.1) is 5.82 Å². The summed E-state index contributed by atoms with van der Waals surface area (Å²) in [4.78, 5) is 3.94. The van der Waals surface area contributed by atoms with Crippen LogP contribution in [0.4, 0.5) is 10.3 Å². The van der Waals surface area contributed by atoms with Crippen molar-refractivity contribution in [3.63, 3.8) is 0 Å². The molecule has 0 aliphatic rings. The molecule has 0 bridgehead atoms. The number of ether oxygens (including phenoxy) is 2. The van der Waals surface area contributed by atoms with Crippen molar-refractivity contribution in [1.29, 1.82) is 0 Å². The third kappa shape index (κ3) is 4.57. The van der Waals surface area contributed by atoms with Crippen LogP contribution in [0.3, 0.4) is 0 Å². The van der Waals surface area contributed by atoms with E-state index in [2.05, 4.69) is 19.9 Å². The Morgan fingerprint density at radius 3 is 2.41 bits per heavy atom. The summed E-state index contributed by atoms with van der Waals surface area (Å²) in [6, 6.07) is 11.2. The lowest BCUT2D eigenvalue weighted by atomic mass is 10.2. The number of nitrogens with zero attached hydrogens (tertiary/aromatic N) is 4. The van der Waals surface area contributed by atoms with Crippen molar-refractivity contribution in [1.82, 2.24) is 19.7 Å². The number of hydrogen-bond donors (Lipinski definition) is 1. The minimum atomic E-state index is -3.97. The van der Waals surface area contributed by atoms with E-state index in [1.165, 1.54) is 44.1 Å². The Bertz CT molecular complexity index is 1350. The highest BCUT2D eigenvalue weighted by molar-refractivity contribution is 7.93. The van der Waals surface area contributed by atoms with Gasteiger partial charge in [0.15, 0.2) is 5.76 Å². The van der Waals surface area contributed by atoms with Gasteiger partial charge in [-0.1, -0.05) is 6.07 Å². The lowest BCUT2D eigenvalue weighted by Crippen LogP contribution is -2.29. The summed E-state index contributed by atoms with van der Waals surface area (Å²) in [5.74, 6) is 0.801. The molecule has 0 aliphatic heterocycles. The summed E-state index contributed by atoms with van der Waals surface area (Å²) < 4.78 is 60.0. The van der Waals surface area contributed by atoms with Gasteiger partial charge in [0.1, 0.15) is 23.0 Å². The van der Waals surface area contributed by atoms with Gasteiger partial charge in [0.05, 0.1) is 31.9 Å². The standard InChI is InChI=1S/C22H22FN5O5S/c1-14(12-16-10-9-15(23)13-24-16)34(29,30)27-22-26-25-21(19-8-5-11-33-19)28(22)20-17(31-2)6-4-7-18(20)32-3/h4-11,13-14H,12H2,1-3H3,(H,26,27)/t14-/m0/s1. The molecule has 0 unspecified atom stereocenters. The van der Waals surface area contributed by atoms with E-state index in [1.807, 2.05) is 0 Å². The summed E-state index contributed by atoms with van der Waals surface area (Å²) in [6.45, 7) is 1.52. The van der Waals surface area contributed by atoms with E-state index in [9.17, 15) is 12.8 Å². The van der Waals surface area contributed by atoms with E-state index in [1.54, 1.807) is 30.3 Å². The molecule has 0 saturated heterocycles. The topological polar surface area (TPSA) is 121 Å². The zero-order chi connectivity index (χ0) is 24.3. The molecule has 4 aromatic rings. The second kappa shape index (κ2) is 9.51. The van der Waals surface area contributed by atoms with Crippen molar-refractivity contribution in [3.8, 4) is 28.8 Å². The van der Waals surface area contributed by atoms with E-state index in [4.69, 9.17) is 13.9 Å². The number of anilines is 1. The molecule has 0 radical (unpaired) electrons. The molecule has 3 heterocycles. The summed E-state index contributed by atoms with van der Waals surface area (Å²) >= 11 is 0. The first-order valence-corrected chi connectivity index (χ1v) is 11.7. The molecule has 34 heavy (non-hydrogen) atoms. The molecule has 4 rings (SSSR count). The maximum Gasteiger partial charge on any atom is 0.243 e. The quantitative estimate of drug-likeness (QED) is 0.381. The second-order valence-electron chi connectivity index (χ2n) is 7.30. The molecule has 0 spiro atoms. The number of halogens is 1. The van der Waals surface area contributed by atoms with Crippen LogP contribution in [0.25, 0.3) is 17.3 Å². The van der Waals surface area contributed by atoms with Gasteiger partial charge in [0, 0.05) is 12.1 Å². The fourth-order valence-electron chi connectivity index (χ4n) is 3.34. The normalized spacial score (nSPS) is 12.4. The number of furan rings is 1. The van der Waals surface area contributed by atoms with Crippen LogP contribution in [0.15, 0.2) is 59.3 Å². The number of methoxy groups -OCH3 is 2. The van der Waals surface area contributed by atoms with Gasteiger partial charge in [-0.05, 0) is 43.3 Å².